The molecule has 0 heterocycles. The lowest BCUT2D eigenvalue weighted by Gasteiger charge is -1.97. The van der Waals surface area contributed by atoms with Crippen molar-refractivity contribution in [1.82, 2.24) is 5.32 Å². The van der Waals surface area contributed by atoms with Crippen LogP contribution in [0.25, 0.3) is 0 Å². The van der Waals surface area contributed by atoms with E-state index in [4.69, 9.17) is 11.6 Å². The molecule has 0 radical (unpaired) electrons. The highest BCUT2D eigenvalue weighted by Gasteiger charge is 1.98. The summed E-state index contributed by atoms with van der Waals surface area (Å²) < 4.78 is 14.3. The second kappa shape index (κ2) is 4.56. The van der Waals surface area contributed by atoms with Gasteiger partial charge in [-0.1, -0.05) is 0 Å². The summed E-state index contributed by atoms with van der Waals surface area (Å²) >= 11 is 5.29. The van der Waals surface area contributed by atoms with Crippen LogP contribution in [-0.4, -0.2) is 35.2 Å². The maximum Gasteiger partial charge on any atom is 0.349 e. The third-order valence-electron chi connectivity index (χ3n) is 0.673. The number of carbonyl (C=O) groups excluding carboxylic acids is 1. The molecule has 0 aromatic heterocycles. The van der Waals surface area contributed by atoms with E-state index in [1.54, 1.807) is 0 Å². The van der Waals surface area contributed by atoms with Crippen LogP contribution in [0.2, 0.25) is 0 Å². The van der Waals surface area contributed by atoms with E-state index in [1.165, 1.54) is 12.5 Å². The van der Waals surface area contributed by atoms with Crippen molar-refractivity contribution in [3.63, 3.8) is 0 Å². The Kier molecular flexibility index (Phi) is 4.44. The molecular formula is C5H11ClN2O2S. The number of alkyl halides is 1. The summed E-state index contributed by atoms with van der Waals surface area (Å²) in [5.74, 6) is 0.329. The lowest BCUT2D eigenvalue weighted by atomic mass is 10.7. The molecule has 0 aliphatic rings. The minimum Gasteiger partial charge on any atom is -0.335 e. The van der Waals surface area contributed by atoms with Crippen LogP contribution in [-0.2, 0) is 9.73 Å². The largest absolute Gasteiger partial charge is 0.349 e. The Morgan fingerprint density at radius 3 is 2.55 bits per heavy atom. The zero-order valence-electron chi connectivity index (χ0n) is 6.46. The van der Waals surface area contributed by atoms with Crippen molar-refractivity contribution in [1.29, 1.82) is 0 Å². The number of amides is 2. The Labute approximate surface area is 71.5 Å². The van der Waals surface area contributed by atoms with Crippen LogP contribution in [0.4, 0.5) is 4.79 Å². The van der Waals surface area contributed by atoms with Gasteiger partial charge in [0, 0.05) is 24.9 Å². The highest BCUT2D eigenvalue weighted by Crippen LogP contribution is 1.84. The standard InChI is InChI=1S/C5H11ClN2O2S/c1-11(2,10)8-5(9)7-4-3-6/h3-4H2,1-2H3,(H,7,9). The van der Waals surface area contributed by atoms with Gasteiger partial charge in [-0.15, -0.1) is 16.0 Å². The van der Waals surface area contributed by atoms with Gasteiger partial charge in [-0.2, -0.15) is 0 Å². The van der Waals surface area contributed by atoms with E-state index in [0.29, 0.717) is 12.4 Å². The minimum absolute atomic E-state index is 0.329. The molecule has 0 aliphatic carbocycles. The van der Waals surface area contributed by atoms with Gasteiger partial charge in [0.2, 0.25) is 0 Å². The van der Waals surface area contributed by atoms with Gasteiger partial charge in [-0.05, 0) is 0 Å². The Morgan fingerprint density at radius 2 is 2.18 bits per heavy atom. The third-order valence-corrected chi connectivity index (χ3v) is 1.47. The number of halogens is 1. The highest BCUT2D eigenvalue weighted by molar-refractivity contribution is 7.92. The minimum atomic E-state index is -2.33. The van der Waals surface area contributed by atoms with E-state index >= 15 is 0 Å². The molecule has 66 valence electrons. The summed E-state index contributed by atoms with van der Waals surface area (Å²) in [6, 6.07) is -0.569. The highest BCUT2D eigenvalue weighted by atomic mass is 35.5. The fourth-order valence-electron chi connectivity index (χ4n) is 0.386. The molecule has 11 heavy (non-hydrogen) atoms. The molecule has 2 amide bonds. The second-order valence-electron chi connectivity index (χ2n) is 2.19. The van der Waals surface area contributed by atoms with Gasteiger partial charge >= 0.3 is 6.03 Å². The molecule has 6 heteroatoms. The fraction of sp³-hybridized carbons (Fsp3) is 0.800. The average Bonchev–Trinajstić information content (AvgIpc) is 1.79. The van der Waals surface area contributed by atoms with Crippen LogP contribution in [0, 0.1) is 0 Å². The molecule has 0 bridgehead atoms. The van der Waals surface area contributed by atoms with E-state index in [1.807, 2.05) is 0 Å². The number of nitrogens with one attached hydrogen (secondary N) is 1. The van der Waals surface area contributed by atoms with Gasteiger partial charge in [0.05, 0.1) is 9.73 Å². The van der Waals surface area contributed by atoms with E-state index in [9.17, 15) is 9.00 Å². The van der Waals surface area contributed by atoms with Crippen molar-refractivity contribution in [2.45, 2.75) is 0 Å². The first-order valence-electron chi connectivity index (χ1n) is 2.96. The van der Waals surface area contributed by atoms with E-state index < -0.39 is 15.8 Å². The maximum atomic E-state index is 10.9. The van der Waals surface area contributed by atoms with E-state index in [0.717, 1.165) is 0 Å². The van der Waals surface area contributed by atoms with Crippen molar-refractivity contribution in [2.75, 3.05) is 24.9 Å². The molecule has 0 atom stereocenters. The van der Waals surface area contributed by atoms with Crippen LogP contribution in [0.5, 0.6) is 0 Å². The number of nitrogens with zero attached hydrogens (tertiary/aromatic N) is 1. The van der Waals surface area contributed by atoms with Crippen LogP contribution in [0.15, 0.2) is 4.36 Å². The van der Waals surface area contributed by atoms with E-state index in [2.05, 4.69) is 9.68 Å². The van der Waals surface area contributed by atoms with Gasteiger partial charge in [-0.3, -0.25) is 0 Å². The smallest absolute Gasteiger partial charge is 0.335 e. The molecule has 0 saturated heterocycles. The lowest BCUT2D eigenvalue weighted by Crippen LogP contribution is -2.22. The normalized spacial score (nSPS) is 10.8. The predicted molar refractivity (Wildman–Crippen MR) is 46.5 cm³/mol. The fourth-order valence-corrected chi connectivity index (χ4v) is 0.945. The Balaban J connectivity index is 3.99. The summed E-state index contributed by atoms with van der Waals surface area (Å²) in [7, 11) is -2.33. The molecule has 0 saturated carbocycles. The lowest BCUT2D eigenvalue weighted by molar-refractivity contribution is 0.250. The molecule has 0 unspecified atom stereocenters. The molecule has 0 rings (SSSR count). The van der Waals surface area contributed by atoms with Crippen LogP contribution < -0.4 is 5.32 Å². The van der Waals surface area contributed by atoms with Gasteiger partial charge in [0.15, 0.2) is 0 Å². The molecule has 1 N–H and O–H groups in total. The SMILES string of the molecule is CS(C)(=O)=NC(=O)NCCCl. The average molecular weight is 199 g/mol. The summed E-state index contributed by atoms with van der Waals surface area (Å²) in [4.78, 5) is 10.7. The van der Waals surface area contributed by atoms with E-state index in [-0.39, 0.29) is 0 Å². The van der Waals surface area contributed by atoms with Crippen LogP contribution >= 0.6 is 11.6 Å². The van der Waals surface area contributed by atoms with Crippen molar-refractivity contribution >= 4 is 27.4 Å². The quantitative estimate of drug-likeness (QED) is 0.663. The molecule has 0 fully saturated rings. The van der Waals surface area contributed by atoms with Crippen molar-refractivity contribution in [3.05, 3.63) is 0 Å². The van der Waals surface area contributed by atoms with Crippen molar-refractivity contribution in [3.8, 4) is 0 Å². The molecule has 0 aliphatic heterocycles. The summed E-state index contributed by atoms with van der Waals surface area (Å²) in [5.41, 5.74) is 0. The number of urea groups is 1. The molecule has 0 aromatic rings. The molecule has 0 aromatic carbocycles. The van der Waals surface area contributed by atoms with Gasteiger partial charge in [0.25, 0.3) is 0 Å². The zero-order valence-corrected chi connectivity index (χ0v) is 8.04. The first-order valence-corrected chi connectivity index (χ1v) is 5.83. The van der Waals surface area contributed by atoms with Crippen LogP contribution in [0.3, 0.4) is 0 Å². The molecule has 4 nitrogen and oxygen atoms in total. The van der Waals surface area contributed by atoms with Gasteiger partial charge in [0.1, 0.15) is 0 Å². The third kappa shape index (κ3) is 7.61. The predicted octanol–water partition coefficient (Wildman–Crippen LogP) is 0.662. The monoisotopic (exact) mass is 198 g/mol. The second-order valence-corrected chi connectivity index (χ2v) is 5.12. The Hall–Kier alpha value is -0.290. The molecular weight excluding hydrogens is 188 g/mol. The number of hydrogen-bond acceptors (Lipinski definition) is 2. The van der Waals surface area contributed by atoms with Crippen molar-refractivity contribution < 1.29 is 9.00 Å². The Morgan fingerprint density at radius 1 is 1.64 bits per heavy atom. The number of rotatable bonds is 2. The maximum absolute atomic E-state index is 10.9. The number of carbonyl (C=O) groups is 1. The Bertz CT molecular complexity index is 237. The summed E-state index contributed by atoms with van der Waals surface area (Å²) in [6.07, 6.45) is 2.79. The van der Waals surface area contributed by atoms with Gasteiger partial charge < -0.3 is 5.32 Å². The summed E-state index contributed by atoms with van der Waals surface area (Å²) in [5, 5.41) is 2.37. The number of hydrogen-bond donors (Lipinski definition) is 1. The topological polar surface area (TPSA) is 58.5 Å². The zero-order chi connectivity index (χ0) is 8.91. The van der Waals surface area contributed by atoms with Gasteiger partial charge in [-0.25, -0.2) is 9.00 Å². The van der Waals surface area contributed by atoms with Crippen LogP contribution in [0.1, 0.15) is 0 Å². The first-order chi connectivity index (χ1) is 4.95. The molecule has 0 spiro atoms. The van der Waals surface area contributed by atoms with Crippen molar-refractivity contribution in [2.24, 2.45) is 4.36 Å². The first kappa shape index (κ1) is 10.7. The summed E-state index contributed by atoms with van der Waals surface area (Å²) in [6.45, 7) is 0.347.